The van der Waals surface area contributed by atoms with Gasteiger partial charge < -0.3 is 14.7 Å². The first-order chi connectivity index (χ1) is 11.6. The predicted molar refractivity (Wildman–Crippen MR) is 90.0 cm³/mol. The van der Waals surface area contributed by atoms with Crippen LogP contribution in [0.4, 0.5) is 0 Å². The Kier molecular flexibility index (Phi) is 3.62. The third-order valence-corrected chi connectivity index (χ3v) is 6.21. The number of esters is 1. The monoisotopic (exact) mass is 345 g/mol. The van der Waals surface area contributed by atoms with Crippen molar-refractivity contribution in [2.75, 3.05) is 6.61 Å². The molecule has 0 unspecified atom stereocenters. The molecule has 0 saturated carbocycles. The Morgan fingerprint density at radius 3 is 3.12 bits per heavy atom. The number of β-lactam (4-membered cyclic amide) rings is 1. The fourth-order valence-electron chi connectivity index (χ4n) is 4.30. The maximum absolute atomic E-state index is 12.6. The Bertz CT molecular complexity index is 763. The zero-order valence-electron chi connectivity index (χ0n) is 13.4. The number of hydrogen-bond acceptors (Lipinski definition) is 5. The normalized spacial score (nSPS) is 28.7. The molecule has 3 heterocycles. The lowest BCUT2D eigenvalue weighted by atomic mass is 9.72. The number of carbonyl (C=O) groups is 2. The first kappa shape index (κ1) is 15.6. The highest BCUT2D eigenvalue weighted by Crippen LogP contribution is 2.55. The van der Waals surface area contributed by atoms with Crippen LogP contribution >= 0.6 is 11.3 Å². The summed E-state index contributed by atoms with van der Waals surface area (Å²) < 4.78 is 5.24. The van der Waals surface area contributed by atoms with Crippen molar-refractivity contribution in [2.24, 2.45) is 11.8 Å². The lowest BCUT2D eigenvalue weighted by molar-refractivity contribution is -0.164. The van der Waals surface area contributed by atoms with Crippen LogP contribution in [0.3, 0.4) is 0 Å². The zero-order chi connectivity index (χ0) is 17.0. The van der Waals surface area contributed by atoms with E-state index < -0.39 is 18.0 Å². The average molecular weight is 345 g/mol. The Labute approximate surface area is 144 Å². The molecule has 1 aromatic heterocycles. The molecule has 0 spiro atoms. The van der Waals surface area contributed by atoms with Crippen LogP contribution < -0.4 is 0 Å². The molecule has 0 aromatic carbocycles. The summed E-state index contributed by atoms with van der Waals surface area (Å²) >= 11 is 1.68. The number of rotatable bonds is 4. The molecule has 126 valence electrons. The van der Waals surface area contributed by atoms with E-state index in [1.54, 1.807) is 23.2 Å². The molecule has 1 aromatic rings. The van der Waals surface area contributed by atoms with Crippen molar-refractivity contribution < 1.29 is 19.4 Å². The maximum atomic E-state index is 12.6. The molecule has 2 aliphatic heterocycles. The number of aliphatic hydroxyl groups is 1. The van der Waals surface area contributed by atoms with Gasteiger partial charge in [0.25, 0.3) is 0 Å². The summed E-state index contributed by atoms with van der Waals surface area (Å²) in [6.45, 7) is 5.32. The van der Waals surface area contributed by atoms with Crippen LogP contribution in [0.5, 0.6) is 0 Å². The summed E-state index contributed by atoms with van der Waals surface area (Å²) in [6.07, 6.45) is 2.63. The number of thiophene rings is 1. The Morgan fingerprint density at radius 1 is 1.62 bits per heavy atom. The number of aliphatic hydroxyl groups excluding tert-OH is 1. The van der Waals surface area contributed by atoms with Gasteiger partial charge in [-0.3, -0.25) is 4.79 Å². The lowest BCUT2D eigenvalue weighted by Crippen LogP contribution is -2.64. The van der Waals surface area contributed by atoms with Crippen LogP contribution in [-0.2, 0) is 20.7 Å². The van der Waals surface area contributed by atoms with E-state index in [9.17, 15) is 14.7 Å². The largest absolute Gasteiger partial charge is 0.457 e. The van der Waals surface area contributed by atoms with Gasteiger partial charge >= 0.3 is 5.97 Å². The van der Waals surface area contributed by atoms with Crippen molar-refractivity contribution in [1.29, 1.82) is 0 Å². The van der Waals surface area contributed by atoms with Crippen molar-refractivity contribution in [3.63, 3.8) is 0 Å². The molecule has 6 heteroatoms. The number of amides is 1. The molecule has 4 rings (SSSR count). The van der Waals surface area contributed by atoms with Crippen LogP contribution in [0.25, 0.3) is 5.57 Å². The van der Waals surface area contributed by atoms with E-state index >= 15 is 0 Å². The molecule has 1 N–H and O–H groups in total. The van der Waals surface area contributed by atoms with E-state index in [0.717, 1.165) is 24.0 Å². The minimum atomic E-state index is -0.715. The highest BCUT2D eigenvalue weighted by molar-refractivity contribution is 7.10. The van der Waals surface area contributed by atoms with Gasteiger partial charge in [-0.1, -0.05) is 12.7 Å². The molecule has 1 amide bonds. The Hall–Kier alpha value is -1.92. The van der Waals surface area contributed by atoms with Crippen LogP contribution in [0.2, 0.25) is 0 Å². The van der Waals surface area contributed by atoms with Crippen molar-refractivity contribution in [2.45, 2.75) is 31.9 Å². The molecule has 1 saturated heterocycles. The molecule has 5 nitrogen and oxygen atoms in total. The molecule has 4 atom stereocenters. The summed E-state index contributed by atoms with van der Waals surface area (Å²) in [5.74, 6) is -1.00. The van der Waals surface area contributed by atoms with Crippen molar-refractivity contribution in [1.82, 2.24) is 4.90 Å². The average Bonchev–Trinajstić information content (AvgIpc) is 3.12. The Morgan fingerprint density at radius 2 is 2.42 bits per heavy atom. The fraction of sp³-hybridized carbons (Fsp3) is 0.444. The SMILES string of the molecule is C=CCOC(=O)C1=C2c3ccsc3CC[C@@H]2[C@@H]2[C@@H]([C@@H](C)O)C(=O)N12. The van der Waals surface area contributed by atoms with Gasteiger partial charge in [0.1, 0.15) is 12.3 Å². The molecular weight excluding hydrogens is 326 g/mol. The quantitative estimate of drug-likeness (QED) is 0.515. The van der Waals surface area contributed by atoms with Crippen LogP contribution in [-0.4, -0.2) is 40.6 Å². The van der Waals surface area contributed by atoms with Crippen LogP contribution in [0, 0.1) is 11.8 Å². The molecule has 1 fully saturated rings. The number of carbonyl (C=O) groups excluding carboxylic acids is 2. The maximum Gasteiger partial charge on any atom is 0.355 e. The van der Waals surface area contributed by atoms with Crippen LogP contribution in [0.15, 0.2) is 29.8 Å². The van der Waals surface area contributed by atoms with Crippen molar-refractivity contribution in [3.05, 3.63) is 40.2 Å². The van der Waals surface area contributed by atoms with Crippen molar-refractivity contribution >= 4 is 28.8 Å². The fourth-order valence-corrected chi connectivity index (χ4v) is 5.21. The summed E-state index contributed by atoms with van der Waals surface area (Å²) in [4.78, 5) is 28.0. The second kappa shape index (κ2) is 5.57. The summed E-state index contributed by atoms with van der Waals surface area (Å²) in [5.41, 5.74) is 2.36. The van der Waals surface area contributed by atoms with E-state index in [1.165, 1.54) is 11.0 Å². The summed E-state index contributed by atoms with van der Waals surface area (Å²) in [5, 5.41) is 12.0. The van der Waals surface area contributed by atoms with E-state index in [2.05, 4.69) is 6.58 Å². The second-order valence-electron chi connectivity index (χ2n) is 6.52. The smallest absolute Gasteiger partial charge is 0.355 e. The predicted octanol–water partition coefficient (Wildman–Crippen LogP) is 1.97. The van der Waals surface area contributed by atoms with E-state index in [-0.39, 0.29) is 24.5 Å². The number of ether oxygens (including phenoxy) is 1. The second-order valence-corrected chi connectivity index (χ2v) is 7.52. The number of aryl methyl sites for hydroxylation is 1. The van der Waals surface area contributed by atoms with Crippen molar-refractivity contribution in [3.8, 4) is 0 Å². The topological polar surface area (TPSA) is 66.8 Å². The van der Waals surface area contributed by atoms with E-state index in [4.69, 9.17) is 4.74 Å². The number of nitrogens with zero attached hydrogens (tertiary/aromatic N) is 1. The minimum absolute atomic E-state index is 0.0932. The molecule has 3 aliphatic rings. The minimum Gasteiger partial charge on any atom is -0.457 e. The number of hydrogen-bond donors (Lipinski definition) is 1. The molecule has 1 aliphatic carbocycles. The molecule has 24 heavy (non-hydrogen) atoms. The lowest BCUT2D eigenvalue weighted by Gasteiger charge is -2.47. The first-order valence-electron chi connectivity index (χ1n) is 8.16. The van der Waals surface area contributed by atoms with Gasteiger partial charge in [-0.25, -0.2) is 4.79 Å². The zero-order valence-corrected chi connectivity index (χ0v) is 14.2. The third kappa shape index (κ3) is 1.96. The van der Waals surface area contributed by atoms with E-state index in [1.807, 2.05) is 11.4 Å². The standard InChI is InChI=1S/C18H19NO4S/c1-3-7-23-18(22)16-14-10-6-8-24-12(10)5-4-11(14)15-13(9(2)20)17(21)19(15)16/h3,6,8-9,11,13,15,20H,1,4-5,7H2,2H3/t9-,11+,13-,15-/m1/s1. The van der Waals surface area contributed by atoms with Gasteiger partial charge in [0, 0.05) is 10.8 Å². The van der Waals surface area contributed by atoms with Gasteiger partial charge in [0.2, 0.25) is 5.91 Å². The van der Waals surface area contributed by atoms with Gasteiger partial charge in [-0.05, 0) is 42.3 Å². The van der Waals surface area contributed by atoms with E-state index in [0.29, 0.717) is 5.70 Å². The third-order valence-electron chi connectivity index (χ3n) is 5.23. The number of fused-ring (bicyclic) bond motifs is 5. The van der Waals surface area contributed by atoms with Gasteiger partial charge in [-0.15, -0.1) is 11.3 Å². The molecule has 0 bridgehead atoms. The van der Waals surface area contributed by atoms with Gasteiger partial charge in [-0.2, -0.15) is 0 Å². The van der Waals surface area contributed by atoms with Gasteiger partial charge in [0.05, 0.1) is 18.1 Å². The molecular formula is C18H19NO4S. The summed E-state index contributed by atoms with van der Waals surface area (Å²) in [7, 11) is 0. The highest BCUT2D eigenvalue weighted by Gasteiger charge is 2.61. The molecule has 0 radical (unpaired) electrons. The Balaban J connectivity index is 1.81. The van der Waals surface area contributed by atoms with Gasteiger partial charge in [0.15, 0.2) is 0 Å². The highest BCUT2D eigenvalue weighted by atomic mass is 32.1. The van der Waals surface area contributed by atoms with Crippen LogP contribution in [0.1, 0.15) is 23.8 Å². The summed E-state index contributed by atoms with van der Waals surface area (Å²) in [6, 6.07) is 1.89. The first-order valence-corrected chi connectivity index (χ1v) is 9.04.